The van der Waals surface area contributed by atoms with Gasteiger partial charge in [-0.25, -0.2) is 0 Å². The molecule has 0 saturated heterocycles. The molecule has 36 heavy (non-hydrogen) atoms. The van der Waals surface area contributed by atoms with Crippen LogP contribution in [0.25, 0.3) is 65.9 Å². The van der Waals surface area contributed by atoms with Crippen LogP contribution in [0.2, 0.25) is 0 Å². The average Bonchev–Trinajstić information content (AvgIpc) is 3.64. The minimum atomic E-state index is 0.894. The average molecular weight is 503 g/mol. The predicted molar refractivity (Wildman–Crippen MR) is 159 cm³/mol. The number of aryl methyl sites for hydroxylation is 2. The molecule has 0 unspecified atom stereocenters. The van der Waals surface area contributed by atoms with Gasteiger partial charge in [-0.05, 0) is 117 Å². The molecule has 7 aromatic rings. The summed E-state index contributed by atoms with van der Waals surface area (Å²) in [5, 5.41) is 14.1. The first kappa shape index (κ1) is 21.7. The van der Waals surface area contributed by atoms with Crippen LogP contribution in [0.4, 0.5) is 0 Å². The van der Waals surface area contributed by atoms with Crippen molar-refractivity contribution in [3.63, 3.8) is 0 Å². The number of fused-ring (bicyclic) bond motifs is 2. The van der Waals surface area contributed by atoms with E-state index in [0.29, 0.717) is 0 Å². The Kier molecular flexibility index (Phi) is 5.12. The largest absolute Gasteiger partial charge is 0.341 e. The molecule has 0 N–H and O–H groups in total. The van der Waals surface area contributed by atoms with Crippen molar-refractivity contribution < 1.29 is 0 Å². The number of benzene rings is 4. The molecule has 3 aromatic heterocycles. The lowest BCUT2D eigenvalue weighted by Gasteiger charge is -2.19. The second kappa shape index (κ2) is 8.51. The third-order valence-electron chi connectivity index (χ3n) is 7.42. The second-order valence-electron chi connectivity index (χ2n) is 9.24. The molecule has 3 heterocycles. The molecule has 0 aliphatic carbocycles. The Morgan fingerprint density at radius 1 is 0.556 bits per heavy atom. The SMILES string of the molecule is CCn1c2cc(-c3ccsc3)c3cccc(c3c2)n(CC)c2cc(-c3ccsc3)c3cccc1c3c2. The van der Waals surface area contributed by atoms with Crippen molar-refractivity contribution in [3.8, 4) is 22.3 Å². The number of aromatic nitrogens is 2. The Balaban J connectivity index is 1.80. The van der Waals surface area contributed by atoms with Crippen molar-refractivity contribution >= 4 is 66.3 Å². The maximum Gasteiger partial charge on any atom is 0.0491 e. The quantitative estimate of drug-likeness (QED) is 0.227. The summed E-state index contributed by atoms with van der Waals surface area (Å²) in [5.41, 5.74) is 10.2. The van der Waals surface area contributed by atoms with Gasteiger partial charge in [0.25, 0.3) is 0 Å². The Morgan fingerprint density at radius 3 is 1.42 bits per heavy atom. The lowest BCUT2D eigenvalue weighted by molar-refractivity contribution is 0.816. The van der Waals surface area contributed by atoms with E-state index in [9.17, 15) is 0 Å². The second-order valence-corrected chi connectivity index (χ2v) is 10.8. The van der Waals surface area contributed by atoms with Crippen LogP contribution in [0.5, 0.6) is 0 Å². The summed E-state index contributed by atoms with van der Waals surface area (Å²) in [6, 6.07) is 27.6. The predicted octanol–water partition coefficient (Wildman–Crippen LogP) is 9.96. The first-order valence-electron chi connectivity index (χ1n) is 12.5. The summed E-state index contributed by atoms with van der Waals surface area (Å²) in [5.74, 6) is 0. The molecule has 2 nitrogen and oxygen atoms in total. The first-order chi connectivity index (χ1) is 17.8. The third-order valence-corrected chi connectivity index (χ3v) is 8.78. The minimum Gasteiger partial charge on any atom is -0.341 e. The Labute approximate surface area is 218 Å². The van der Waals surface area contributed by atoms with Crippen molar-refractivity contribution in [2.45, 2.75) is 26.9 Å². The molecule has 4 bridgehead atoms. The summed E-state index contributed by atoms with van der Waals surface area (Å²) in [6.07, 6.45) is 0. The van der Waals surface area contributed by atoms with Gasteiger partial charge in [0.05, 0.1) is 0 Å². The molecule has 0 atom stereocenters. The number of hydrogen-bond donors (Lipinski definition) is 0. The molecule has 0 saturated carbocycles. The zero-order valence-electron chi connectivity index (χ0n) is 20.4. The Bertz CT molecular complexity index is 1760. The van der Waals surface area contributed by atoms with E-state index in [4.69, 9.17) is 0 Å². The van der Waals surface area contributed by atoms with E-state index in [2.05, 4.69) is 117 Å². The third kappa shape index (κ3) is 3.22. The molecule has 4 heteroatoms. The summed E-state index contributed by atoms with van der Waals surface area (Å²) in [7, 11) is 0. The smallest absolute Gasteiger partial charge is 0.0491 e. The summed E-state index contributed by atoms with van der Waals surface area (Å²) < 4.78 is 4.97. The standard InChI is InChI=1S/C32H26N2S2/c1-3-33-23-15-27(21-11-13-35-19-21)26-8-6-10-32(30(26)17-23)34(4-2)24-16-28(22-12-14-36-20-22)25-7-5-9-31(33)29(25)18-24/h5-20H,3-4H2,1-2H3. The molecule has 0 aliphatic heterocycles. The van der Waals surface area contributed by atoms with Crippen LogP contribution in [0.3, 0.4) is 0 Å². The van der Waals surface area contributed by atoms with E-state index < -0.39 is 0 Å². The van der Waals surface area contributed by atoms with Crippen molar-refractivity contribution in [2.75, 3.05) is 0 Å². The maximum atomic E-state index is 2.48. The van der Waals surface area contributed by atoms with E-state index in [1.807, 2.05) is 0 Å². The van der Waals surface area contributed by atoms with E-state index in [-0.39, 0.29) is 0 Å². The molecule has 0 aliphatic rings. The lowest BCUT2D eigenvalue weighted by atomic mass is 9.97. The highest BCUT2D eigenvalue weighted by Gasteiger charge is 2.14. The molecule has 0 amide bonds. The molecule has 0 spiro atoms. The molecular weight excluding hydrogens is 477 g/mol. The molecular formula is C32H26N2S2. The van der Waals surface area contributed by atoms with Gasteiger partial charge < -0.3 is 9.13 Å². The highest BCUT2D eigenvalue weighted by atomic mass is 32.1. The Morgan fingerprint density at radius 2 is 1.03 bits per heavy atom. The number of rotatable bonds is 4. The highest BCUT2D eigenvalue weighted by molar-refractivity contribution is 7.08. The first-order valence-corrected chi connectivity index (χ1v) is 14.4. The van der Waals surface area contributed by atoms with Gasteiger partial charge in [0.2, 0.25) is 0 Å². The minimum absolute atomic E-state index is 0.894. The zero-order valence-corrected chi connectivity index (χ0v) is 22.0. The number of thiophene rings is 2. The van der Waals surface area contributed by atoms with Gasteiger partial charge in [0.1, 0.15) is 0 Å². The number of nitrogens with zero attached hydrogens (tertiary/aromatic N) is 2. The van der Waals surface area contributed by atoms with Crippen LogP contribution in [0.15, 0.2) is 94.3 Å². The van der Waals surface area contributed by atoms with Crippen LogP contribution in [0.1, 0.15) is 13.8 Å². The molecule has 176 valence electrons. The van der Waals surface area contributed by atoms with Gasteiger partial charge in [-0.2, -0.15) is 22.7 Å². The van der Waals surface area contributed by atoms with Crippen molar-refractivity contribution in [1.82, 2.24) is 9.13 Å². The van der Waals surface area contributed by atoms with Gasteiger partial charge in [0.15, 0.2) is 0 Å². The summed E-state index contributed by atoms with van der Waals surface area (Å²) in [4.78, 5) is 0. The van der Waals surface area contributed by atoms with Gasteiger partial charge in [0, 0.05) is 45.9 Å². The fourth-order valence-electron chi connectivity index (χ4n) is 5.79. The fourth-order valence-corrected chi connectivity index (χ4v) is 7.10. The maximum absolute atomic E-state index is 2.48. The summed E-state index contributed by atoms with van der Waals surface area (Å²) in [6.45, 7) is 6.30. The van der Waals surface area contributed by atoms with Crippen LogP contribution in [-0.4, -0.2) is 9.13 Å². The van der Waals surface area contributed by atoms with Gasteiger partial charge in [-0.1, -0.05) is 24.3 Å². The molecule has 7 rings (SSSR count). The molecule has 4 aromatic carbocycles. The topological polar surface area (TPSA) is 9.86 Å². The fraction of sp³-hybridized carbons (Fsp3) is 0.125. The van der Waals surface area contributed by atoms with Gasteiger partial charge >= 0.3 is 0 Å². The molecule has 0 fully saturated rings. The monoisotopic (exact) mass is 502 g/mol. The number of hydrogen-bond acceptors (Lipinski definition) is 2. The van der Waals surface area contributed by atoms with Crippen molar-refractivity contribution in [3.05, 3.63) is 94.3 Å². The van der Waals surface area contributed by atoms with E-state index in [0.717, 1.165) is 13.1 Å². The molecule has 0 radical (unpaired) electrons. The van der Waals surface area contributed by atoms with E-state index in [1.54, 1.807) is 22.7 Å². The van der Waals surface area contributed by atoms with Crippen molar-refractivity contribution in [1.29, 1.82) is 0 Å². The highest BCUT2D eigenvalue weighted by Crippen LogP contribution is 2.38. The van der Waals surface area contributed by atoms with Crippen LogP contribution in [0, 0.1) is 0 Å². The van der Waals surface area contributed by atoms with E-state index >= 15 is 0 Å². The van der Waals surface area contributed by atoms with Crippen molar-refractivity contribution in [2.24, 2.45) is 0 Å². The normalized spacial score (nSPS) is 11.8. The van der Waals surface area contributed by atoms with Crippen LogP contribution >= 0.6 is 22.7 Å². The summed E-state index contributed by atoms with van der Waals surface area (Å²) >= 11 is 3.52. The zero-order chi connectivity index (χ0) is 24.2. The Hall–Kier alpha value is -3.60. The van der Waals surface area contributed by atoms with E-state index in [1.165, 1.54) is 65.9 Å². The van der Waals surface area contributed by atoms with Gasteiger partial charge in [-0.3, -0.25) is 0 Å². The van der Waals surface area contributed by atoms with Gasteiger partial charge in [-0.15, -0.1) is 0 Å². The van der Waals surface area contributed by atoms with Crippen LogP contribution < -0.4 is 0 Å². The lowest BCUT2D eigenvalue weighted by Crippen LogP contribution is -2.03. The van der Waals surface area contributed by atoms with Crippen LogP contribution in [-0.2, 0) is 13.1 Å².